The van der Waals surface area contributed by atoms with E-state index in [0.717, 1.165) is 12.1 Å². The number of carbonyl (C=O) groups excluding carboxylic acids is 2. The highest BCUT2D eigenvalue weighted by Gasteiger charge is 2.34. The summed E-state index contributed by atoms with van der Waals surface area (Å²) in [6.45, 7) is 3.36. The fraction of sp³-hybridized carbons (Fsp3) is 0.300. The Morgan fingerprint density at radius 2 is 1.79 bits per heavy atom. The van der Waals surface area contributed by atoms with Crippen molar-refractivity contribution in [3.05, 3.63) is 53.6 Å². The maximum Gasteiger partial charge on any atom is 0.418 e. The van der Waals surface area contributed by atoms with Gasteiger partial charge in [0.2, 0.25) is 0 Å². The van der Waals surface area contributed by atoms with E-state index < -0.39 is 35.4 Å². The fourth-order valence-electron chi connectivity index (χ4n) is 2.43. The number of amides is 1. The van der Waals surface area contributed by atoms with E-state index in [-0.39, 0.29) is 5.56 Å². The van der Waals surface area contributed by atoms with Crippen LogP contribution in [0.25, 0.3) is 0 Å². The highest BCUT2D eigenvalue weighted by atomic mass is 19.4. The Labute approximate surface area is 165 Å². The van der Waals surface area contributed by atoms with Crippen LogP contribution in [0.5, 0.6) is 11.5 Å². The number of esters is 1. The molecule has 1 N–H and O–H groups in total. The van der Waals surface area contributed by atoms with E-state index in [1.807, 2.05) is 0 Å². The fourth-order valence-corrected chi connectivity index (χ4v) is 2.43. The molecule has 0 saturated heterocycles. The van der Waals surface area contributed by atoms with E-state index in [2.05, 4.69) is 5.32 Å². The van der Waals surface area contributed by atoms with Gasteiger partial charge in [-0.2, -0.15) is 13.2 Å². The SMILES string of the molecule is CCOc1cc(C(=O)OC(C)C(=O)Nc2ccccc2C(F)(F)F)ccc1OC. The summed E-state index contributed by atoms with van der Waals surface area (Å²) >= 11 is 0. The summed E-state index contributed by atoms with van der Waals surface area (Å²) in [7, 11) is 1.45. The van der Waals surface area contributed by atoms with E-state index in [1.165, 1.54) is 44.4 Å². The summed E-state index contributed by atoms with van der Waals surface area (Å²) in [5, 5.41) is 2.14. The van der Waals surface area contributed by atoms with Gasteiger partial charge in [-0.3, -0.25) is 4.79 Å². The number of halogens is 3. The second-order valence-electron chi connectivity index (χ2n) is 5.88. The highest BCUT2D eigenvalue weighted by Crippen LogP contribution is 2.34. The predicted molar refractivity (Wildman–Crippen MR) is 99.1 cm³/mol. The first-order valence-electron chi connectivity index (χ1n) is 8.66. The Morgan fingerprint density at radius 3 is 2.41 bits per heavy atom. The van der Waals surface area contributed by atoms with Crippen molar-refractivity contribution in [3.63, 3.8) is 0 Å². The van der Waals surface area contributed by atoms with Gasteiger partial charge >= 0.3 is 12.1 Å². The van der Waals surface area contributed by atoms with Gasteiger partial charge in [0.05, 0.1) is 30.5 Å². The Hall–Kier alpha value is -3.23. The zero-order valence-electron chi connectivity index (χ0n) is 16.0. The second kappa shape index (κ2) is 9.31. The molecule has 1 unspecified atom stereocenters. The van der Waals surface area contributed by atoms with E-state index in [1.54, 1.807) is 6.92 Å². The number of ether oxygens (including phenoxy) is 3. The number of hydrogen-bond acceptors (Lipinski definition) is 5. The lowest BCUT2D eigenvalue weighted by Crippen LogP contribution is -2.30. The number of alkyl halides is 3. The van der Waals surface area contributed by atoms with Crippen molar-refractivity contribution in [1.82, 2.24) is 0 Å². The first kappa shape index (κ1) is 22.1. The molecule has 9 heteroatoms. The summed E-state index contributed by atoms with van der Waals surface area (Å²) in [6.07, 6.45) is -5.97. The maximum absolute atomic E-state index is 13.0. The second-order valence-corrected chi connectivity index (χ2v) is 5.88. The van der Waals surface area contributed by atoms with Crippen molar-refractivity contribution in [1.29, 1.82) is 0 Å². The van der Waals surface area contributed by atoms with Crippen LogP contribution < -0.4 is 14.8 Å². The van der Waals surface area contributed by atoms with Crippen LogP contribution in [0, 0.1) is 0 Å². The first-order valence-corrected chi connectivity index (χ1v) is 8.66. The smallest absolute Gasteiger partial charge is 0.418 e. The zero-order chi connectivity index (χ0) is 21.6. The molecule has 0 radical (unpaired) electrons. The molecule has 0 aliphatic rings. The number of para-hydroxylation sites is 1. The number of benzene rings is 2. The molecule has 0 aromatic heterocycles. The van der Waals surface area contributed by atoms with Crippen molar-refractivity contribution >= 4 is 17.6 Å². The maximum atomic E-state index is 13.0. The lowest BCUT2D eigenvalue weighted by Gasteiger charge is -2.17. The molecule has 29 heavy (non-hydrogen) atoms. The normalized spacial score (nSPS) is 12.1. The van der Waals surface area contributed by atoms with Gasteiger partial charge in [-0.15, -0.1) is 0 Å². The molecule has 1 amide bonds. The third-order valence-electron chi connectivity index (χ3n) is 3.84. The highest BCUT2D eigenvalue weighted by molar-refractivity contribution is 5.98. The average Bonchev–Trinajstić information content (AvgIpc) is 2.67. The molecule has 0 heterocycles. The van der Waals surface area contributed by atoms with Crippen LogP contribution in [0.3, 0.4) is 0 Å². The molecule has 6 nitrogen and oxygen atoms in total. The molecular formula is C20H20F3NO5. The van der Waals surface area contributed by atoms with E-state index in [4.69, 9.17) is 14.2 Å². The van der Waals surface area contributed by atoms with Crippen molar-refractivity contribution < 1.29 is 37.0 Å². The number of carbonyl (C=O) groups is 2. The Balaban J connectivity index is 2.10. The van der Waals surface area contributed by atoms with Gasteiger partial charge in [-0.25, -0.2) is 4.79 Å². The number of rotatable bonds is 7. The van der Waals surface area contributed by atoms with Crippen LogP contribution in [-0.2, 0) is 15.7 Å². The number of hydrogen-bond donors (Lipinski definition) is 1. The van der Waals surface area contributed by atoms with Gasteiger partial charge in [-0.05, 0) is 44.2 Å². The minimum Gasteiger partial charge on any atom is -0.493 e. The Morgan fingerprint density at radius 1 is 1.10 bits per heavy atom. The Kier molecular flexibility index (Phi) is 7.08. The summed E-state index contributed by atoms with van der Waals surface area (Å²) < 4.78 is 54.7. The van der Waals surface area contributed by atoms with Gasteiger partial charge in [0.1, 0.15) is 0 Å². The first-order chi connectivity index (χ1) is 13.7. The van der Waals surface area contributed by atoms with Crippen molar-refractivity contribution in [2.75, 3.05) is 19.0 Å². The van der Waals surface area contributed by atoms with Crippen LogP contribution >= 0.6 is 0 Å². The van der Waals surface area contributed by atoms with Crippen LogP contribution in [0.4, 0.5) is 18.9 Å². The molecule has 0 spiro atoms. The van der Waals surface area contributed by atoms with Crippen molar-refractivity contribution in [3.8, 4) is 11.5 Å². The number of anilines is 1. The third kappa shape index (κ3) is 5.63. The Bertz CT molecular complexity index is 883. The van der Waals surface area contributed by atoms with Crippen LogP contribution in [0.2, 0.25) is 0 Å². The zero-order valence-corrected chi connectivity index (χ0v) is 16.0. The van der Waals surface area contributed by atoms with Crippen LogP contribution in [0.15, 0.2) is 42.5 Å². The largest absolute Gasteiger partial charge is 0.493 e. The van der Waals surface area contributed by atoms with E-state index >= 15 is 0 Å². The molecule has 0 bridgehead atoms. The van der Waals surface area contributed by atoms with Gasteiger partial charge in [0.15, 0.2) is 17.6 Å². The minimum absolute atomic E-state index is 0.101. The van der Waals surface area contributed by atoms with E-state index in [9.17, 15) is 22.8 Å². The number of nitrogens with one attached hydrogen (secondary N) is 1. The summed E-state index contributed by atoms with van der Waals surface area (Å²) in [4.78, 5) is 24.5. The van der Waals surface area contributed by atoms with E-state index in [0.29, 0.717) is 18.1 Å². The van der Waals surface area contributed by atoms with Crippen LogP contribution in [0.1, 0.15) is 29.8 Å². The molecule has 2 rings (SSSR count). The van der Waals surface area contributed by atoms with Crippen LogP contribution in [-0.4, -0.2) is 31.7 Å². The predicted octanol–water partition coefficient (Wildman–Crippen LogP) is 4.30. The van der Waals surface area contributed by atoms with Gasteiger partial charge < -0.3 is 19.5 Å². The summed E-state index contributed by atoms with van der Waals surface area (Å²) in [5.74, 6) is -0.993. The molecule has 0 aliphatic carbocycles. The monoisotopic (exact) mass is 411 g/mol. The minimum atomic E-state index is -4.64. The molecule has 0 saturated carbocycles. The molecular weight excluding hydrogens is 391 g/mol. The van der Waals surface area contributed by atoms with Crippen molar-refractivity contribution in [2.45, 2.75) is 26.1 Å². The summed E-state index contributed by atoms with van der Waals surface area (Å²) in [5.41, 5.74) is -1.32. The molecule has 1 atom stereocenters. The lowest BCUT2D eigenvalue weighted by atomic mass is 10.1. The van der Waals surface area contributed by atoms with Gasteiger partial charge in [0.25, 0.3) is 5.91 Å². The topological polar surface area (TPSA) is 73.9 Å². The average molecular weight is 411 g/mol. The molecule has 2 aromatic carbocycles. The molecule has 0 aliphatic heterocycles. The molecule has 2 aromatic rings. The quantitative estimate of drug-likeness (QED) is 0.688. The van der Waals surface area contributed by atoms with Gasteiger partial charge in [0, 0.05) is 0 Å². The lowest BCUT2D eigenvalue weighted by molar-refractivity contribution is -0.137. The third-order valence-corrected chi connectivity index (χ3v) is 3.84. The molecule has 156 valence electrons. The molecule has 0 fully saturated rings. The van der Waals surface area contributed by atoms with Gasteiger partial charge in [-0.1, -0.05) is 12.1 Å². The summed E-state index contributed by atoms with van der Waals surface area (Å²) in [6, 6.07) is 8.86. The number of methoxy groups -OCH3 is 1. The van der Waals surface area contributed by atoms with Crippen molar-refractivity contribution in [2.24, 2.45) is 0 Å². The standard InChI is InChI=1S/C20H20F3NO5/c1-4-28-17-11-13(9-10-16(17)27-3)19(26)29-12(2)18(25)24-15-8-6-5-7-14(15)20(21,22)23/h5-12H,4H2,1-3H3,(H,24,25).